The van der Waals surface area contributed by atoms with Gasteiger partial charge in [0.2, 0.25) is 0 Å². The third kappa shape index (κ3) is 2.51. The smallest absolute Gasteiger partial charge is 0.152 e. The molecule has 4 heteroatoms. The summed E-state index contributed by atoms with van der Waals surface area (Å²) in [5, 5.41) is 18.9. The van der Waals surface area contributed by atoms with E-state index in [0.29, 0.717) is 16.9 Å². The summed E-state index contributed by atoms with van der Waals surface area (Å²) in [4.78, 5) is 0. The quantitative estimate of drug-likeness (QED) is 0.710. The van der Waals surface area contributed by atoms with E-state index < -0.39 is 5.60 Å². The van der Waals surface area contributed by atoms with Gasteiger partial charge in [-0.25, -0.2) is 4.39 Å². The van der Waals surface area contributed by atoms with Gasteiger partial charge in [0.05, 0.1) is 11.6 Å². The molecule has 3 nitrogen and oxygen atoms in total. The van der Waals surface area contributed by atoms with Gasteiger partial charge < -0.3 is 4.74 Å². The molecule has 1 aromatic carbocycles. The van der Waals surface area contributed by atoms with Gasteiger partial charge >= 0.3 is 0 Å². The van der Waals surface area contributed by atoms with Gasteiger partial charge in [-0.05, 0) is 50.3 Å². The van der Waals surface area contributed by atoms with E-state index in [2.05, 4.69) is 12.1 Å². The molecule has 116 valence electrons. The molecule has 1 fully saturated rings. The Morgan fingerprint density at radius 1 is 1.13 bits per heavy atom. The fourth-order valence-electron chi connectivity index (χ4n) is 3.56. The van der Waals surface area contributed by atoms with Crippen molar-refractivity contribution in [3.63, 3.8) is 0 Å². The summed E-state index contributed by atoms with van der Waals surface area (Å²) < 4.78 is 19.5. The minimum absolute atomic E-state index is 0.312. The maximum atomic E-state index is 13.3. The molecule has 1 aliphatic carbocycles. The number of ether oxygens (including phenoxy) is 1. The van der Waals surface area contributed by atoms with E-state index >= 15 is 0 Å². The summed E-state index contributed by atoms with van der Waals surface area (Å²) >= 11 is 0. The van der Waals surface area contributed by atoms with Crippen LogP contribution in [-0.4, -0.2) is 5.60 Å². The van der Waals surface area contributed by atoms with E-state index in [0.717, 1.165) is 43.2 Å². The predicted octanol–water partition coefficient (Wildman–Crippen LogP) is 4.63. The topological polar surface area (TPSA) is 56.8 Å². The second kappa shape index (κ2) is 5.89. The van der Waals surface area contributed by atoms with Crippen LogP contribution in [0.25, 0.3) is 5.57 Å². The van der Waals surface area contributed by atoms with Crippen molar-refractivity contribution in [1.82, 2.24) is 0 Å². The molecule has 0 bridgehead atoms. The van der Waals surface area contributed by atoms with Gasteiger partial charge in [-0.15, -0.1) is 0 Å². The molecule has 1 aromatic rings. The number of nitriles is 2. The van der Waals surface area contributed by atoms with Gasteiger partial charge in [0.15, 0.2) is 5.76 Å². The van der Waals surface area contributed by atoms with Crippen molar-refractivity contribution >= 4 is 5.57 Å². The first-order valence-corrected chi connectivity index (χ1v) is 7.82. The standard InChI is InChI=1S/C19H17FN2O/c1-13(11-21)18-16(12-22)17(14-5-7-15(20)8-6-14)19(23-18)9-3-2-4-10-19/h5-8H,2-4,9-10H2,1H3/b18-13+. The zero-order chi connectivity index (χ0) is 16.4. The fraction of sp³-hybridized carbons (Fsp3) is 0.368. The van der Waals surface area contributed by atoms with E-state index in [4.69, 9.17) is 4.74 Å². The normalized spacial score (nSPS) is 21.6. The average molecular weight is 308 g/mol. The lowest BCUT2D eigenvalue weighted by molar-refractivity contribution is 0.0390. The summed E-state index contributed by atoms with van der Waals surface area (Å²) in [6, 6.07) is 10.5. The fourth-order valence-corrected chi connectivity index (χ4v) is 3.56. The number of allylic oxidation sites excluding steroid dienone is 2. The van der Waals surface area contributed by atoms with Crippen molar-refractivity contribution in [3.05, 3.63) is 52.6 Å². The lowest BCUT2D eigenvalue weighted by Gasteiger charge is -2.35. The van der Waals surface area contributed by atoms with Gasteiger partial charge in [0.1, 0.15) is 23.1 Å². The highest BCUT2D eigenvalue weighted by atomic mass is 19.1. The van der Waals surface area contributed by atoms with Crippen molar-refractivity contribution in [1.29, 1.82) is 10.5 Å². The molecule has 0 atom stereocenters. The van der Waals surface area contributed by atoms with Crippen molar-refractivity contribution in [3.8, 4) is 12.1 Å². The van der Waals surface area contributed by atoms with Gasteiger partial charge in [-0.2, -0.15) is 10.5 Å². The number of hydrogen-bond acceptors (Lipinski definition) is 3. The predicted molar refractivity (Wildman–Crippen MR) is 84.1 cm³/mol. The Labute approximate surface area is 135 Å². The van der Waals surface area contributed by atoms with Gasteiger partial charge in [0.25, 0.3) is 0 Å². The van der Waals surface area contributed by atoms with Gasteiger partial charge in [0, 0.05) is 5.57 Å². The number of nitrogens with zero attached hydrogens (tertiary/aromatic N) is 2. The second-order valence-corrected chi connectivity index (χ2v) is 6.09. The van der Waals surface area contributed by atoms with Crippen molar-refractivity contribution < 1.29 is 9.13 Å². The van der Waals surface area contributed by atoms with Crippen LogP contribution in [0.1, 0.15) is 44.6 Å². The van der Waals surface area contributed by atoms with E-state index in [-0.39, 0.29) is 5.82 Å². The molecule has 1 heterocycles. The van der Waals surface area contributed by atoms with Crippen LogP contribution in [0.5, 0.6) is 0 Å². The monoisotopic (exact) mass is 308 g/mol. The Morgan fingerprint density at radius 3 is 2.35 bits per heavy atom. The van der Waals surface area contributed by atoms with E-state index in [1.165, 1.54) is 12.1 Å². The molecule has 0 aromatic heterocycles. The highest BCUT2D eigenvalue weighted by Crippen LogP contribution is 2.52. The maximum absolute atomic E-state index is 13.3. The van der Waals surface area contributed by atoms with Crippen LogP contribution in [0.15, 0.2) is 41.2 Å². The summed E-state index contributed by atoms with van der Waals surface area (Å²) in [6.45, 7) is 1.66. The molecular weight excluding hydrogens is 291 g/mol. The van der Waals surface area contributed by atoms with E-state index in [9.17, 15) is 14.9 Å². The van der Waals surface area contributed by atoms with Crippen molar-refractivity contribution in [2.24, 2.45) is 0 Å². The number of halogens is 1. The van der Waals surface area contributed by atoms with Crippen LogP contribution in [0.3, 0.4) is 0 Å². The van der Waals surface area contributed by atoms with Crippen molar-refractivity contribution in [2.45, 2.75) is 44.6 Å². The number of hydrogen-bond donors (Lipinski definition) is 0. The third-order valence-corrected chi connectivity index (χ3v) is 4.64. The summed E-state index contributed by atoms with van der Waals surface area (Å²) in [5.41, 5.74) is 1.87. The van der Waals surface area contributed by atoms with Crippen LogP contribution < -0.4 is 0 Å². The van der Waals surface area contributed by atoms with Crippen LogP contribution in [-0.2, 0) is 4.74 Å². The molecule has 0 amide bonds. The molecular formula is C19H17FN2O. The minimum Gasteiger partial charge on any atom is -0.480 e. The summed E-state index contributed by atoms with van der Waals surface area (Å²) in [6.07, 6.45) is 4.80. The average Bonchev–Trinajstić information content (AvgIpc) is 2.89. The number of rotatable bonds is 1. The summed E-state index contributed by atoms with van der Waals surface area (Å²) in [7, 11) is 0. The SMILES string of the molecule is C/C(C#N)=C1\OC2(CCCCC2)C(c2ccc(F)cc2)=C1C#N. The van der Waals surface area contributed by atoms with Crippen LogP contribution in [0.2, 0.25) is 0 Å². The Hall–Kier alpha value is -2.59. The molecule has 1 aliphatic heterocycles. The van der Waals surface area contributed by atoms with Crippen LogP contribution >= 0.6 is 0 Å². The molecule has 0 radical (unpaired) electrons. The molecule has 0 saturated heterocycles. The zero-order valence-corrected chi connectivity index (χ0v) is 13.0. The lowest BCUT2D eigenvalue weighted by Crippen LogP contribution is -2.33. The van der Waals surface area contributed by atoms with Crippen LogP contribution in [0, 0.1) is 28.5 Å². The van der Waals surface area contributed by atoms with E-state index in [1.54, 1.807) is 19.1 Å². The largest absolute Gasteiger partial charge is 0.480 e. The molecule has 1 spiro atoms. The Balaban J connectivity index is 2.24. The molecule has 3 rings (SSSR count). The zero-order valence-electron chi connectivity index (χ0n) is 13.0. The second-order valence-electron chi connectivity index (χ2n) is 6.09. The maximum Gasteiger partial charge on any atom is 0.152 e. The van der Waals surface area contributed by atoms with E-state index in [1.807, 2.05) is 0 Å². The first-order chi connectivity index (χ1) is 11.1. The van der Waals surface area contributed by atoms with Gasteiger partial charge in [-0.1, -0.05) is 18.6 Å². The lowest BCUT2D eigenvalue weighted by atomic mass is 9.76. The minimum atomic E-state index is -0.561. The molecule has 0 N–H and O–H groups in total. The molecule has 1 saturated carbocycles. The first kappa shape index (κ1) is 15.3. The first-order valence-electron chi connectivity index (χ1n) is 7.82. The van der Waals surface area contributed by atoms with Crippen molar-refractivity contribution in [2.75, 3.05) is 0 Å². The third-order valence-electron chi connectivity index (χ3n) is 4.64. The van der Waals surface area contributed by atoms with Crippen LogP contribution in [0.4, 0.5) is 4.39 Å². The molecule has 0 unspecified atom stereocenters. The number of benzene rings is 1. The Morgan fingerprint density at radius 2 is 1.78 bits per heavy atom. The highest BCUT2D eigenvalue weighted by Gasteiger charge is 2.47. The Kier molecular flexibility index (Phi) is 3.92. The Bertz CT molecular complexity index is 769. The summed E-state index contributed by atoms with van der Waals surface area (Å²) in [5.74, 6) is 0.0738. The van der Waals surface area contributed by atoms with Gasteiger partial charge in [-0.3, -0.25) is 0 Å². The molecule has 23 heavy (non-hydrogen) atoms. The highest BCUT2D eigenvalue weighted by molar-refractivity contribution is 5.84. The molecule has 2 aliphatic rings.